The van der Waals surface area contributed by atoms with Crippen LogP contribution in [0.5, 0.6) is 0 Å². The van der Waals surface area contributed by atoms with Crippen LogP contribution in [0.4, 0.5) is 0 Å². The van der Waals surface area contributed by atoms with Crippen LogP contribution in [-0.4, -0.2) is 21.0 Å². The van der Waals surface area contributed by atoms with Crippen molar-refractivity contribution in [2.75, 3.05) is 0 Å². The van der Waals surface area contributed by atoms with Gasteiger partial charge in [0.05, 0.1) is 0 Å². The van der Waals surface area contributed by atoms with Gasteiger partial charge in [0.15, 0.2) is 5.69 Å². The number of hydrogen-bond donors (Lipinski definition) is 1. The second-order valence-electron chi connectivity index (χ2n) is 3.73. The third-order valence-corrected chi connectivity index (χ3v) is 2.10. The standard InChI is InChI=1S/C10H13ClN2O2/c1-6(2)3-4-9-12-7(10(14)15)5-8(11)13-9/h5-6H,3-4H2,1-2H3,(H,14,15). The Labute approximate surface area is 93.3 Å². The summed E-state index contributed by atoms with van der Waals surface area (Å²) in [5.41, 5.74) is -0.0474. The van der Waals surface area contributed by atoms with Crippen LogP contribution in [0.2, 0.25) is 5.15 Å². The molecule has 0 aliphatic rings. The minimum Gasteiger partial charge on any atom is -0.477 e. The molecule has 0 spiro atoms. The van der Waals surface area contributed by atoms with Crippen molar-refractivity contribution in [1.82, 2.24) is 9.97 Å². The summed E-state index contributed by atoms with van der Waals surface area (Å²) in [6.45, 7) is 4.17. The lowest BCUT2D eigenvalue weighted by Crippen LogP contribution is -2.06. The summed E-state index contributed by atoms with van der Waals surface area (Å²) >= 11 is 5.69. The summed E-state index contributed by atoms with van der Waals surface area (Å²) in [5, 5.41) is 8.94. The van der Waals surface area contributed by atoms with E-state index in [0.29, 0.717) is 18.2 Å². The van der Waals surface area contributed by atoms with Crippen molar-refractivity contribution in [3.63, 3.8) is 0 Å². The Morgan fingerprint density at radius 3 is 2.73 bits per heavy atom. The minimum atomic E-state index is -1.08. The Morgan fingerprint density at radius 2 is 2.20 bits per heavy atom. The highest BCUT2D eigenvalue weighted by Gasteiger charge is 2.09. The summed E-state index contributed by atoms with van der Waals surface area (Å²) in [5.74, 6) is -0.0560. The molecule has 5 heteroatoms. The summed E-state index contributed by atoms with van der Waals surface area (Å²) < 4.78 is 0. The molecule has 0 radical (unpaired) electrons. The average Bonchev–Trinajstić information content (AvgIpc) is 2.13. The normalized spacial score (nSPS) is 10.7. The van der Waals surface area contributed by atoms with Gasteiger partial charge in [0.1, 0.15) is 11.0 Å². The molecule has 0 aliphatic carbocycles. The number of rotatable bonds is 4. The SMILES string of the molecule is CC(C)CCc1nc(Cl)cc(C(=O)O)n1. The highest BCUT2D eigenvalue weighted by Crippen LogP contribution is 2.10. The molecule has 1 aromatic rings. The molecule has 1 aromatic heterocycles. The fourth-order valence-corrected chi connectivity index (χ4v) is 1.30. The number of carbonyl (C=O) groups is 1. The van der Waals surface area contributed by atoms with Crippen LogP contribution in [0.3, 0.4) is 0 Å². The van der Waals surface area contributed by atoms with Crippen LogP contribution in [-0.2, 0) is 6.42 Å². The van der Waals surface area contributed by atoms with E-state index in [4.69, 9.17) is 16.7 Å². The fourth-order valence-electron chi connectivity index (χ4n) is 1.10. The van der Waals surface area contributed by atoms with E-state index in [1.54, 1.807) is 0 Å². The molecule has 0 unspecified atom stereocenters. The molecule has 0 saturated carbocycles. The number of aromatic carboxylic acids is 1. The molecule has 15 heavy (non-hydrogen) atoms. The highest BCUT2D eigenvalue weighted by atomic mass is 35.5. The van der Waals surface area contributed by atoms with Gasteiger partial charge in [0.25, 0.3) is 0 Å². The van der Waals surface area contributed by atoms with Crippen LogP contribution < -0.4 is 0 Å². The van der Waals surface area contributed by atoms with Crippen molar-refractivity contribution in [3.8, 4) is 0 Å². The monoisotopic (exact) mass is 228 g/mol. The molecular weight excluding hydrogens is 216 g/mol. The lowest BCUT2D eigenvalue weighted by molar-refractivity contribution is 0.0690. The number of hydrogen-bond acceptors (Lipinski definition) is 3. The molecular formula is C10H13ClN2O2. The third-order valence-electron chi connectivity index (χ3n) is 1.91. The lowest BCUT2D eigenvalue weighted by Gasteiger charge is -2.04. The van der Waals surface area contributed by atoms with Crippen molar-refractivity contribution in [2.45, 2.75) is 26.7 Å². The van der Waals surface area contributed by atoms with Gasteiger partial charge in [-0.1, -0.05) is 25.4 Å². The molecule has 0 amide bonds. The smallest absolute Gasteiger partial charge is 0.354 e. The Balaban J connectivity index is 2.84. The van der Waals surface area contributed by atoms with E-state index in [1.807, 2.05) is 0 Å². The van der Waals surface area contributed by atoms with Gasteiger partial charge in [-0.25, -0.2) is 14.8 Å². The Kier molecular flexibility index (Phi) is 4.03. The summed E-state index contributed by atoms with van der Waals surface area (Å²) in [6.07, 6.45) is 1.57. The van der Waals surface area contributed by atoms with Crippen molar-refractivity contribution >= 4 is 17.6 Å². The largest absolute Gasteiger partial charge is 0.477 e. The van der Waals surface area contributed by atoms with Crippen molar-refractivity contribution in [3.05, 3.63) is 22.7 Å². The number of aryl methyl sites for hydroxylation is 1. The number of carboxylic acid groups (broad SMARTS) is 1. The first-order chi connectivity index (χ1) is 6.99. The molecule has 4 nitrogen and oxygen atoms in total. The Bertz CT molecular complexity index is 366. The minimum absolute atomic E-state index is 0.0474. The number of carboxylic acids is 1. The lowest BCUT2D eigenvalue weighted by atomic mass is 10.1. The predicted octanol–water partition coefficient (Wildman–Crippen LogP) is 2.42. The molecule has 0 bridgehead atoms. The first kappa shape index (κ1) is 11.9. The van der Waals surface area contributed by atoms with Crippen LogP contribution in [0.25, 0.3) is 0 Å². The maximum atomic E-state index is 10.7. The van der Waals surface area contributed by atoms with Crippen LogP contribution in [0.1, 0.15) is 36.6 Å². The Morgan fingerprint density at radius 1 is 1.53 bits per heavy atom. The van der Waals surface area contributed by atoms with Gasteiger partial charge < -0.3 is 5.11 Å². The van der Waals surface area contributed by atoms with Gasteiger partial charge in [-0.2, -0.15) is 0 Å². The van der Waals surface area contributed by atoms with E-state index in [9.17, 15) is 4.79 Å². The summed E-state index contributed by atoms with van der Waals surface area (Å²) in [6, 6.07) is 1.25. The predicted molar refractivity (Wildman–Crippen MR) is 57.2 cm³/mol. The quantitative estimate of drug-likeness (QED) is 0.804. The molecule has 0 aliphatic heterocycles. The maximum Gasteiger partial charge on any atom is 0.354 e. The van der Waals surface area contributed by atoms with Gasteiger partial charge in [-0.15, -0.1) is 0 Å². The fraction of sp³-hybridized carbons (Fsp3) is 0.500. The third kappa shape index (κ3) is 3.83. The second-order valence-corrected chi connectivity index (χ2v) is 4.12. The van der Waals surface area contributed by atoms with Crippen LogP contribution in [0.15, 0.2) is 6.07 Å². The zero-order chi connectivity index (χ0) is 11.4. The van der Waals surface area contributed by atoms with E-state index in [2.05, 4.69) is 23.8 Å². The molecule has 0 aromatic carbocycles. The van der Waals surface area contributed by atoms with E-state index >= 15 is 0 Å². The van der Waals surface area contributed by atoms with Crippen molar-refractivity contribution in [1.29, 1.82) is 0 Å². The van der Waals surface area contributed by atoms with E-state index in [1.165, 1.54) is 6.07 Å². The van der Waals surface area contributed by atoms with E-state index in [-0.39, 0.29) is 10.8 Å². The molecule has 1 rings (SSSR count). The molecule has 1 N–H and O–H groups in total. The molecule has 0 fully saturated rings. The van der Waals surface area contributed by atoms with Gasteiger partial charge in [0.2, 0.25) is 0 Å². The van der Waals surface area contributed by atoms with Crippen molar-refractivity contribution in [2.24, 2.45) is 5.92 Å². The first-order valence-corrected chi connectivity index (χ1v) is 5.13. The van der Waals surface area contributed by atoms with Gasteiger partial charge >= 0.3 is 5.97 Å². The summed E-state index contributed by atoms with van der Waals surface area (Å²) in [7, 11) is 0. The average molecular weight is 229 g/mol. The Hall–Kier alpha value is -1.16. The van der Waals surface area contributed by atoms with E-state index in [0.717, 1.165) is 6.42 Å². The number of nitrogens with zero attached hydrogens (tertiary/aromatic N) is 2. The van der Waals surface area contributed by atoms with E-state index < -0.39 is 5.97 Å². The highest BCUT2D eigenvalue weighted by molar-refractivity contribution is 6.29. The zero-order valence-electron chi connectivity index (χ0n) is 8.70. The summed E-state index contributed by atoms with van der Waals surface area (Å²) in [4.78, 5) is 18.6. The van der Waals surface area contributed by atoms with Crippen LogP contribution >= 0.6 is 11.6 Å². The maximum absolute atomic E-state index is 10.7. The molecule has 82 valence electrons. The van der Waals surface area contributed by atoms with Gasteiger partial charge in [-0.3, -0.25) is 0 Å². The van der Waals surface area contributed by atoms with Gasteiger partial charge in [0, 0.05) is 12.5 Å². The molecule has 0 saturated heterocycles. The number of halogens is 1. The molecule has 0 atom stereocenters. The van der Waals surface area contributed by atoms with Crippen LogP contribution in [0, 0.1) is 5.92 Å². The second kappa shape index (κ2) is 5.07. The van der Waals surface area contributed by atoms with Gasteiger partial charge in [-0.05, 0) is 12.3 Å². The topological polar surface area (TPSA) is 63.1 Å². The van der Waals surface area contributed by atoms with Crippen molar-refractivity contribution < 1.29 is 9.90 Å². The number of aromatic nitrogens is 2. The first-order valence-electron chi connectivity index (χ1n) is 4.75. The molecule has 1 heterocycles. The zero-order valence-corrected chi connectivity index (χ0v) is 9.45.